The molecule has 0 fully saturated rings. The lowest BCUT2D eigenvalue weighted by Gasteiger charge is -2.06. The lowest BCUT2D eigenvalue weighted by molar-refractivity contribution is 0.540. The van der Waals surface area contributed by atoms with Crippen LogP contribution in [0.2, 0.25) is 0 Å². The molecule has 0 radical (unpaired) electrons. The molecule has 26 heavy (non-hydrogen) atoms. The number of hydrogen-bond donors (Lipinski definition) is 1. The Hall–Kier alpha value is -2.80. The van der Waals surface area contributed by atoms with Gasteiger partial charge in [-0.05, 0) is 32.0 Å². The lowest BCUT2D eigenvalue weighted by Crippen LogP contribution is -2.20. The van der Waals surface area contributed by atoms with E-state index in [4.69, 9.17) is 4.42 Å². The summed E-state index contributed by atoms with van der Waals surface area (Å²) in [6.07, 6.45) is 0. The highest BCUT2D eigenvalue weighted by Crippen LogP contribution is 2.26. The van der Waals surface area contributed by atoms with Gasteiger partial charge < -0.3 is 9.40 Å². The van der Waals surface area contributed by atoms with Crippen LogP contribution < -0.4 is 5.56 Å². The van der Waals surface area contributed by atoms with Gasteiger partial charge in [0, 0.05) is 24.1 Å². The molecule has 0 saturated carbocycles. The van der Waals surface area contributed by atoms with Gasteiger partial charge in [-0.3, -0.25) is 9.36 Å². The molecule has 0 unspecified atom stereocenters. The number of aryl methyl sites for hydroxylation is 2. The highest BCUT2D eigenvalue weighted by molar-refractivity contribution is 7.98. The van der Waals surface area contributed by atoms with E-state index in [1.165, 1.54) is 11.8 Å². The van der Waals surface area contributed by atoms with E-state index in [2.05, 4.69) is 15.0 Å². The number of benzene rings is 1. The average Bonchev–Trinajstić information content (AvgIpc) is 3.20. The Morgan fingerprint density at radius 2 is 1.96 bits per heavy atom. The molecule has 0 spiro atoms. The first kappa shape index (κ1) is 16.7. The molecule has 0 aliphatic heterocycles. The number of fused-ring (bicyclic) bond motifs is 1. The number of aromatic nitrogens is 4. The first-order chi connectivity index (χ1) is 12.5. The Balaban J connectivity index is 1.62. The lowest BCUT2D eigenvalue weighted by atomic mass is 10.2. The largest absolute Gasteiger partial charge is 0.441 e. The number of oxazole rings is 1. The second-order valence-corrected chi connectivity index (χ2v) is 7.09. The third-order valence-electron chi connectivity index (χ3n) is 4.20. The molecular formula is C19H18N4O2S. The fraction of sp³-hybridized carbons (Fsp3) is 0.211. The van der Waals surface area contributed by atoms with E-state index < -0.39 is 0 Å². The number of rotatable bonds is 4. The van der Waals surface area contributed by atoms with Gasteiger partial charge in [-0.2, -0.15) is 0 Å². The highest BCUT2D eigenvalue weighted by Gasteiger charge is 2.15. The molecule has 7 heteroatoms. The molecule has 3 aromatic heterocycles. The maximum Gasteiger partial charge on any atom is 0.278 e. The Labute approximate surface area is 154 Å². The van der Waals surface area contributed by atoms with Crippen molar-refractivity contribution in [3.8, 4) is 11.5 Å². The van der Waals surface area contributed by atoms with Crippen LogP contribution in [0.5, 0.6) is 0 Å². The van der Waals surface area contributed by atoms with Gasteiger partial charge in [-0.25, -0.2) is 9.97 Å². The summed E-state index contributed by atoms with van der Waals surface area (Å²) >= 11 is 1.48. The van der Waals surface area contributed by atoms with E-state index in [0.717, 1.165) is 22.7 Å². The second kappa shape index (κ2) is 6.49. The maximum atomic E-state index is 12.5. The highest BCUT2D eigenvalue weighted by atomic mass is 32.2. The number of aromatic amines is 1. The normalized spacial score (nSPS) is 11.3. The molecule has 0 atom stereocenters. The van der Waals surface area contributed by atoms with Crippen molar-refractivity contribution in [2.75, 3.05) is 0 Å². The van der Waals surface area contributed by atoms with Gasteiger partial charge in [0.1, 0.15) is 11.3 Å². The fourth-order valence-corrected chi connectivity index (χ4v) is 3.76. The SMILES string of the molecule is Cc1cc2nc(SCc3nc(-c4ccccc4)oc3C)n(C)c(=O)c2[nH]1. The van der Waals surface area contributed by atoms with Crippen molar-refractivity contribution < 1.29 is 4.42 Å². The van der Waals surface area contributed by atoms with E-state index in [0.29, 0.717) is 27.8 Å². The summed E-state index contributed by atoms with van der Waals surface area (Å²) in [5.41, 5.74) is 3.88. The van der Waals surface area contributed by atoms with Crippen molar-refractivity contribution in [2.45, 2.75) is 24.8 Å². The zero-order valence-electron chi connectivity index (χ0n) is 14.7. The average molecular weight is 366 g/mol. The molecule has 0 aliphatic carbocycles. The van der Waals surface area contributed by atoms with Crippen molar-refractivity contribution in [1.82, 2.24) is 19.5 Å². The van der Waals surface area contributed by atoms with Crippen molar-refractivity contribution >= 4 is 22.8 Å². The van der Waals surface area contributed by atoms with Crippen LogP contribution in [0.3, 0.4) is 0 Å². The summed E-state index contributed by atoms with van der Waals surface area (Å²) in [7, 11) is 1.73. The number of hydrogen-bond acceptors (Lipinski definition) is 5. The van der Waals surface area contributed by atoms with E-state index in [1.54, 1.807) is 11.6 Å². The van der Waals surface area contributed by atoms with E-state index >= 15 is 0 Å². The number of H-pyrrole nitrogens is 1. The van der Waals surface area contributed by atoms with Gasteiger partial charge in [0.25, 0.3) is 5.56 Å². The molecule has 0 saturated heterocycles. The molecule has 0 amide bonds. The minimum atomic E-state index is -0.0764. The third-order valence-corrected chi connectivity index (χ3v) is 5.25. The summed E-state index contributed by atoms with van der Waals surface area (Å²) in [5.74, 6) is 1.97. The molecule has 3 heterocycles. The Morgan fingerprint density at radius 3 is 2.73 bits per heavy atom. The minimum Gasteiger partial charge on any atom is -0.441 e. The van der Waals surface area contributed by atoms with Crippen LogP contribution in [-0.2, 0) is 12.8 Å². The molecule has 4 aromatic rings. The Bertz CT molecular complexity index is 1140. The van der Waals surface area contributed by atoms with E-state index in [-0.39, 0.29) is 5.56 Å². The molecule has 132 valence electrons. The monoisotopic (exact) mass is 366 g/mol. The summed E-state index contributed by atoms with van der Waals surface area (Å²) in [4.78, 5) is 24.7. The van der Waals surface area contributed by atoms with Gasteiger partial charge in [0.15, 0.2) is 5.16 Å². The van der Waals surface area contributed by atoms with Gasteiger partial charge in [-0.1, -0.05) is 30.0 Å². The zero-order chi connectivity index (χ0) is 18.3. The van der Waals surface area contributed by atoms with Gasteiger partial charge in [-0.15, -0.1) is 0 Å². The molecule has 6 nitrogen and oxygen atoms in total. The summed E-state index contributed by atoms with van der Waals surface area (Å²) in [6, 6.07) is 11.7. The molecule has 0 bridgehead atoms. The second-order valence-electron chi connectivity index (χ2n) is 6.15. The van der Waals surface area contributed by atoms with E-state index in [9.17, 15) is 4.79 Å². The topological polar surface area (TPSA) is 76.7 Å². The van der Waals surface area contributed by atoms with Gasteiger partial charge in [0.2, 0.25) is 5.89 Å². The predicted molar refractivity (Wildman–Crippen MR) is 102 cm³/mol. The van der Waals surface area contributed by atoms with Gasteiger partial charge in [0.05, 0.1) is 11.2 Å². The number of nitrogens with zero attached hydrogens (tertiary/aromatic N) is 3. The summed E-state index contributed by atoms with van der Waals surface area (Å²) < 4.78 is 7.36. The van der Waals surface area contributed by atoms with Crippen LogP contribution in [0.1, 0.15) is 17.1 Å². The van der Waals surface area contributed by atoms with Crippen molar-refractivity contribution in [1.29, 1.82) is 0 Å². The fourth-order valence-electron chi connectivity index (χ4n) is 2.79. The predicted octanol–water partition coefficient (Wildman–Crippen LogP) is 3.83. The van der Waals surface area contributed by atoms with Crippen LogP contribution in [0.25, 0.3) is 22.5 Å². The van der Waals surface area contributed by atoms with Crippen LogP contribution in [0.4, 0.5) is 0 Å². The van der Waals surface area contributed by atoms with Gasteiger partial charge >= 0.3 is 0 Å². The maximum absolute atomic E-state index is 12.5. The standard InChI is InChI=1S/C19H18N4O2S/c1-11-9-14-16(20-11)18(24)23(3)19(22-14)26-10-15-12(2)25-17(21-15)13-7-5-4-6-8-13/h4-9,20H,10H2,1-3H3. The first-order valence-corrected chi connectivity index (χ1v) is 9.22. The zero-order valence-corrected chi connectivity index (χ0v) is 15.6. The summed E-state index contributed by atoms with van der Waals surface area (Å²) in [6.45, 7) is 3.82. The van der Waals surface area contributed by atoms with Crippen LogP contribution in [0.15, 0.2) is 50.8 Å². The van der Waals surface area contributed by atoms with Crippen LogP contribution in [0, 0.1) is 13.8 Å². The molecule has 1 aromatic carbocycles. The Kier molecular flexibility index (Phi) is 4.16. The first-order valence-electron chi connectivity index (χ1n) is 8.24. The number of thioether (sulfide) groups is 1. The minimum absolute atomic E-state index is 0.0764. The smallest absolute Gasteiger partial charge is 0.278 e. The summed E-state index contributed by atoms with van der Waals surface area (Å²) in [5, 5.41) is 0.658. The van der Waals surface area contributed by atoms with Crippen molar-refractivity contribution in [3.63, 3.8) is 0 Å². The molecule has 4 rings (SSSR count). The molecular weight excluding hydrogens is 348 g/mol. The number of nitrogens with one attached hydrogen (secondary N) is 1. The molecule has 1 N–H and O–H groups in total. The van der Waals surface area contributed by atoms with Crippen molar-refractivity contribution in [2.24, 2.45) is 7.05 Å². The molecule has 0 aliphatic rings. The quantitative estimate of drug-likeness (QED) is 0.439. The Morgan fingerprint density at radius 1 is 1.19 bits per heavy atom. The third kappa shape index (κ3) is 2.94. The van der Waals surface area contributed by atoms with E-state index in [1.807, 2.05) is 50.2 Å². The van der Waals surface area contributed by atoms with Crippen LogP contribution >= 0.6 is 11.8 Å². The van der Waals surface area contributed by atoms with Crippen molar-refractivity contribution in [3.05, 3.63) is 63.9 Å². The van der Waals surface area contributed by atoms with Crippen LogP contribution in [-0.4, -0.2) is 19.5 Å².